The molecule has 2 N–H and O–H groups in total. The summed E-state index contributed by atoms with van der Waals surface area (Å²) in [6.45, 7) is 5.24. The molecule has 4 fully saturated rings. The quantitative estimate of drug-likeness (QED) is 0.763. The van der Waals surface area contributed by atoms with Crippen molar-refractivity contribution in [1.82, 2.24) is 0 Å². The molecule has 0 bridgehead atoms. The maximum absolute atomic E-state index is 10.1. The number of quaternary nitrogens is 1. The van der Waals surface area contributed by atoms with Crippen molar-refractivity contribution in [2.45, 2.75) is 83.8 Å². The Bertz CT molecular complexity index is 463. The number of hydrogen-bond acceptors (Lipinski definition) is 1. The molecule has 0 unspecified atom stereocenters. The highest BCUT2D eigenvalue weighted by Crippen LogP contribution is 2.65. The van der Waals surface area contributed by atoms with Crippen LogP contribution in [-0.2, 0) is 0 Å². The second kappa shape index (κ2) is 5.46. The molecule has 2 nitrogen and oxygen atoms in total. The van der Waals surface area contributed by atoms with Crippen molar-refractivity contribution in [3.05, 3.63) is 0 Å². The van der Waals surface area contributed by atoms with E-state index >= 15 is 0 Å². The van der Waals surface area contributed by atoms with E-state index in [9.17, 15) is 5.11 Å². The first kappa shape index (κ1) is 16.4. The summed E-state index contributed by atoms with van der Waals surface area (Å²) < 4.78 is 0. The molecule has 0 aliphatic heterocycles. The molecule has 8 atom stereocenters. The zero-order valence-corrected chi connectivity index (χ0v) is 15.8. The fourth-order valence-electron chi connectivity index (χ4n) is 8.18. The first-order valence-electron chi connectivity index (χ1n) is 10.3. The monoisotopic (exact) mass is 320 g/mol. The molecule has 0 amide bonds. The second-order valence-electron chi connectivity index (χ2n) is 10.3. The molecule has 2 heteroatoms. The van der Waals surface area contributed by atoms with Crippen molar-refractivity contribution < 1.29 is 10.0 Å². The van der Waals surface area contributed by atoms with Gasteiger partial charge in [0.2, 0.25) is 0 Å². The van der Waals surface area contributed by atoms with Crippen LogP contribution in [-0.4, -0.2) is 31.3 Å². The predicted molar refractivity (Wildman–Crippen MR) is 94.3 cm³/mol. The Morgan fingerprint density at radius 1 is 0.826 bits per heavy atom. The van der Waals surface area contributed by atoms with Crippen molar-refractivity contribution in [3.63, 3.8) is 0 Å². The fraction of sp³-hybridized carbons (Fsp3) is 1.00. The van der Waals surface area contributed by atoms with E-state index in [1.807, 2.05) is 0 Å². The summed E-state index contributed by atoms with van der Waals surface area (Å²) in [6, 6.07) is 0.882. The molecule has 0 radical (unpaired) electrons. The van der Waals surface area contributed by atoms with Crippen LogP contribution in [0.4, 0.5) is 0 Å². The Hall–Kier alpha value is -0.0800. The predicted octanol–water partition coefficient (Wildman–Crippen LogP) is 2.90. The van der Waals surface area contributed by atoms with Crippen molar-refractivity contribution in [2.75, 3.05) is 14.1 Å². The van der Waals surface area contributed by atoms with Crippen LogP contribution in [0.2, 0.25) is 0 Å². The van der Waals surface area contributed by atoms with Crippen LogP contribution < -0.4 is 4.90 Å². The van der Waals surface area contributed by atoms with Gasteiger partial charge in [0.15, 0.2) is 0 Å². The molecule has 0 aromatic carbocycles. The fourth-order valence-corrected chi connectivity index (χ4v) is 8.18. The Morgan fingerprint density at radius 2 is 1.52 bits per heavy atom. The summed E-state index contributed by atoms with van der Waals surface area (Å²) in [6.07, 6.45) is 12.1. The molecule has 132 valence electrons. The summed E-state index contributed by atoms with van der Waals surface area (Å²) in [4.78, 5) is 1.69. The van der Waals surface area contributed by atoms with Crippen LogP contribution >= 0.6 is 0 Å². The largest absolute Gasteiger partial charge is 0.393 e. The van der Waals surface area contributed by atoms with Crippen LogP contribution in [0, 0.1) is 34.5 Å². The van der Waals surface area contributed by atoms with Gasteiger partial charge in [-0.1, -0.05) is 13.8 Å². The van der Waals surface area contributed by atoms with E-state index < -0.39 is 0 Å². The van der Waals surface area contributed by atoms with Crippen molar-refractivity contribution in [2.24, 2.45) is 34.5 Å². The van der Waals surface area contributed by atoms with E-state index in [0.29, 0.717) is 10.8 Å². The SMILES string of the molecule is C[NH+](C)[C@H]1CC[C@@H]2[C@H]3CC[C@H]4C[C@@H](O)CC[C@]4(C)[C@H]3CC[C@@]21C. The Balaban J connectivity index is 1.60. The van der Waals surface area contributed by atoms with Gasteiger partial charge in [-0.15, -0.1) is 0 Å². The zero-order valence-electron chi connectivity index (χ0n) is 15.8. The average Bonchev–Trinajstić information content (AvgIpc) is 2.85. The molecule has 4 aliphatic rings. The molecule has 0 saturated heterocycles. The topological polar surface area (TPSA) is 24.7 Å². The maximum Gasteiger partial charge on any atom is 0.0927 e. The smallest absolute Gasteiger partial charge is 0.0927 e. The molecule has 4 aliphatic carbocycles. The molecule has 0 heterocycles. The summed E-state index contributed by atoms with van der Waals surface area (Å²) in [5.74, 6) is 3.71. The van der Waals surface area contributed by atoms with E-state index in [0.717, 1.165) is 42.6 Å². The van der Waals surface area contributed by atoms with Gasteiger partial charge in [-0.3, -0.25) is 0 Å². The third-order valence-electron chi connectivity index (χ3n) is 9.34. The standard InChI is InChI=1S/C21H37NO/c1-20-11-9-15(23)13-14(20)5-6-16-17-7-8-19(22(3)4)21(17,2)12-10-18(16)20/h14-19,23H,5-13H2,1-4H3/p+1/t14-,15-,16+,17+,18-,19-,20-,21-/m0/s1. The third kappa shape index (κ3) is 2.27. The maximum atomic E-state index is 10.1. The van der Waals surface area contributed by atoms with Crippen molar-refractivity contribution in [1.29, 1.82) is 0 Å². The Kier molecular flexibility index (Phi) is 3.89. The highest BCUT2D eigenvalue weighted by Gasteiger charge is 2.61. The first-order valence-corrected chi connectivity index (χ1v) is 10.3. The lowest BCUT2D eigenvalue weighted by molar-refractivity contribution is -0.893. The second-order valence-corrected chi connectivity index (χ2v) is 10.3. The van der Waals surface area contributed by atoms with Gasteiger partial charge in [0.1, 0.15) is 0 Å². The van der Waals surface area contributed by atoms with Crippen LogP contribution in [0.1, 0.15) is 71.6 Å². The van der Waals surface area contributed by atoms with E-state index in [2.05, 4.69) is 27.9 Å². The van der Waals surface area contributed by atoms with E-state index in [1.54, 1.807) is 4.90 Å². The summed E-state index contributed by atoms with van der Waals surface area (Å²) >= 11 is 0. The minimum Gasteiger partial charge on any atom is -0.393 e. The molecular formula is C21H38NO+. The number of aliphatic hydroxyl groups is 1. The lowest BCUT2D eigenvalue weighted by Gasteiger charge is -2.60. The molecule has 23 heavy (non-hydrogen) atoms. The summed E-state index contributed by atoms with van der Waals surface area (Å²) in [5, 5.41) is 10.1. The van der Waals surface area contributed by atoms with Crippen molar-refractivity contribution >= 4 is 0 Å². The number of aliphatic hydroxyl groups excluding tert-OH is 1. The van der Waals surface area contributed by atoms with Gasteiger partial charge < -0.3 is 10.0 Å². The zero-order chi connectivity index (χ0) is 16.4. The van der Waals surface area contributed by atoms with E-state index in [-0.39, 0.29) is 6.10 Å². The molecule has 0 aromatic rings. The number of fused-ring (bicyclic) bond motifs is 5. The van der Waals surface area contributed by atoms with Crippen LogP contribution in [0.15, 0.2) is 0 Å². The molecule has 0 aromatic heterocycles. The lowest BCUT2D eigenvalue weighted by Crippen LogP contribution is -3.11. The van der Waals surface area contributed by atoms with Gasteiger partial charge in [-0.2, -0.15) is 0 Å². The minimum absolute atomic E-state index is 0.00770. The van der Waals surface area contributed by atoms with Crippen LogP contribution in [0.5, 0.6) is 0 Å². The first-order chi connectivity index (χ1) is 10.9. The van der Waals surface area contributed by atoms with Crippen LogP contribution in [0.25, 0.3) is 0 Å². The average molecular weight is 321 g/mol. The molecule has 4 saturated carbocycles. The number of nitrogens with one attached hydrogen (secondary N) is 1. The van der Waals surface area contributed by atoms with Gasteiger partial charge in [0.05, 0.1) is 26.2 Å². The summed E-state index contributed by atoms with van der Waals surface area (Å²) in [5.41, 5.74) is 1.13. The highest BCUT2D eigenvalue weighted by molar-refractivity contribution is 5.09. The number of rotatable bonds is 1. The van der Waals surface area contributed by atoms with E-state index in [4.69, 9.17) is 0 Å². The molecule has 0 spiro atoms. The third-order valence-corrected chi connectivity index (χ3v) is 9.34. The van der Waals surface area contributed by atoms with E-state index in [1.165, 1.54) is 44.9 Å². The molecule has 4 rings (SSSR count). The van der Waals surface area contributed by atoms with Crippen LogP contribution in [0.3, 0.4) is 0 Å². The normalized spacial score (nSPS) is 56.1. The van der Waals surface area contributed by atoms with Gasteiger partial charge >= 0.3 is 0 Å². The molecular weight excluding hydrogens is 282 g/mol. The number of hydrogen-bond donors (Lipinski definition) is 2. The highest BCUT2D eigenvalue weighted by atomic mass is 16.3. The summed E-state index contributed by atoms with van der Waals surface area (Å²) in [7, 11) is 4.76. The minimum atomic E-state index is -0.00770. The lowest BCUT2D eigenvalue weighted by atomic mass is 9.45. The van der Waals surface area contributed by atoms with Gasteiger partial charge in [0, 0.05) is 11.8 Å². The Labute approximate surface area is 143 Å². The van der Waals surface area contributed by atoms with Gasteiger partial charge in [-0.25, -0.2) is 0 Å². The van der Waals surface area contributed by atoms with Gasteiger partial charge in [-0.05, 0) is 80.5 Å². The van der Waals surface area contributed by atoms with Gasteiger partial charge in [0.25, 0.3) is 0 Å². The van der Waals surface area contributed by atoms with Crippen molar-refractivity contribution in [3.8, 4) is 0 Å². The Morgan fingerprint density at radius 3 is 2.26 bits per heavy atom.